The molecule has 0 saturated heterocycles. The van der Waals surface area contributed by atoms with Gasteiger partial charge in [-0.1, -0.05) is 40.2 Å². The molecule has 4 rings (SSSR count). The molecule has 1 amide bonds. The third-order valence-corrected chi connectivity index (χ3v) is 5.88. The molecular formula is C22H16BrN3O2S. The number of nitrogens with zero attached hydrogens (tertiary/aromatic N) is 1. The fourth-order valence-corrected chi connectivity index (χ4v) is 4.05. The summed E-state index contributed by atoms with van der Waals surface area (Å²) in [5.41, 5.74) is 2.85. The number of halogens is 1. The highest BCUT2D eigenvalue weighted by molar-refractivity contribution is 9.10. The normalized spacial score (nSPS) is 10.7. The van der Waals surface area contributed by atoms with Crippen molar-refractivity contribution in [3.63, 3.8) is 0 Å². The van der Waals surface area contributed by atoms with Crippen LogP contribution in [-0.4, -0.2) is 15.9 Å². The van der Waals surface area contributed by atoms with Crippen molar-refractivity contribution < 1.29 is 4.79 Å². The van der Waals surface area contributed by atoms with Gasteiger partial charge in [-0.05, 0) is 48.9 Å². The maximum atomic E-state index is 12.7. The van der Waals surface area contributed by atoms with Gasteiger partial charge < -0.3 is 10.3 Å². The van der Waals surface area contributed by atoms with Crippen LogP contribution in [-0.2, 0) is 0 Å². The van der Waals surface area contributed by atoms with E-state index in [1.54, 1.807) is 19.1 Å². The summed E-state index contributed by atoms with van der Waals surface area (Å²) >= 11 is 4.87. The number of aromatic nitrogens is 2. The Morgan fingerprint density at radius 3 is 2.59 bits per heavy atom. The van der Waals surface area contributed by atoms with Crippen LogP contribution in [0.1, 0.15) is 15.4 Å². The molecule has 0 aliphatic carbocycles. The van der Waals surface area contributed by atoms with E-state index in [9.17, 15) is 9.59 Å². The predicted molar refractivity (Wildman–Crippen MR) is 120 cm³/mol. The van der Waals surface area contributed by atoms with Crippen LogP contribution in [0.25, 0.3) is 21.8 Å². The largest absolute Gasteiger partial charge is 0.321 e. The number of amides is 1. The molecular weight excluding hydrogens is 450 g/mol. The number of benzene rings is 2. The first-order valence-electron chi connectivity index (χ1n) is 8.83. The Balaban J connectivity index is 1.55. The molecule has 2 heterocycles. The number of hydrogen-bond acceptors (Lipinski definition) is 4. The van der Waals surface area contributed by atoms with Crippen molar-refractivity contribution in [3.8, 4) is 21.8 Å². The smallest absolute Gasteiger partial charge is 0.265 e. The lowest BCUT2D eigenvalue weighted by molar-refractivity contribution is 0.103. The van der Waals surface area contributed by atoms with Gasteiger partial charge in [0, 0.05) is 32.4 Å². The van der Waals surface area contributed by atoms with E-state index in [1.165, 1.54) is 17.4 Å². The summed E-state index contributed by atoms with van der Waals surface area (Å²) in [6.45, 7) is 1.77. The van der Waals surface area contributed by atoms with Crippen molar-refractivity contribution in [2.75, 3.05) is 5.32 Å². The summed E-state index contributed by atoms with van der Waals surface area (Å²) in [6, 6.07) is 20.4. The summed E-state index contributed by atoms with van der Waals surface area (Å²) in [5.74, 6) is 0.293. The molecule has 0 aliphatic rings. The molecule has 7 heteroatoms. The van der Waals surface area contributed by atoms with Gasteiger partial charge in [-0.3, -0.25) is 9.59 Å². The lowest BCUT2D eigenvalue weighted by Gasteiger charge is -2.07. The minimum atomic E-state index is -0.207. The Morgan fingerprint density at radius 1 is 1.03 bits per heavy atom. The summed E-state index contributed by atoms with van der Waals surface area (Å²) in [4.78, 5) is 33.1. The number of hydrogen-bond donors (Lipinski definition) is 2. The van der Waals surface area contributed by atoms with Gasteiger partial charge in [0.1, 0.15) is 5.82 Å². The van der Waals surface area contributed by atoms with E-state index in [1.807, 2.05) is 48.5 Å². The molecule has 0 atom stereocenters. The lowest BCUT2D eigenvalue weighted by Crippen LogP contribution is -2.11. The number of carbonyl (C=O) groups is 1. The maximum absolute atomic E-state index is 12.7. The van der Waals surface area contributed by atoms with Crippen LogP contribution in [0.2, 0.25) is 0 Å². The maximum Gasteiger partial charge on any atom is 0.265 e. The zero-order valence-electron chi connectivity index (χ0n) is 15.4. The molecule has 2 aromatic carbocycles. The molecule has 0 spiro atoms. The third-order valence-electron chi connectivity index (χ3n) is 4.22. The zero-order valence-corrected chi connectivity index (χ0v) is 17.8. The second kappa shape index (κ2) is 8.14. The average molecular weight is 466 g/mol. The van der Waals surface area contributed by atoms with Gasteiger partial charge in [-0.25, -0.2) is 4.98 Å². The van der Waals surface area contributed by atoms with Crippen molar-refractivity contribution in [2.45, 2.75) is 6.92 Å². The van der Waals surface area contributed by atoms with E-state index in [4.69, 9.17) is 0 Å². The molecule has 2 aromatic heterocycles. The number of H-pyrrole nitrogens is 1. The first-order chi connectivity index (χ1) is 14.0. The van der Waals surface area contributed by atoms with Gasteiger partial charge in [-0.2, -0.15) is 0 Å². The number of nitrogens with one attached hydrogen (secondary N) is 2. The van der Waals surface area contributed by atoms with Gasteiger partial charge in [0.15, 0.2) is 0 Å². The van der Waals surface area contributed by atoms with E-state index >= 15 is 0 Å². The highest BCUT2D eigenvalue weighted by Crippen LogP contribution is 2.30. The molecule has 0 unspecified atom stereocenters. The minimum absolute atomic E-state index is 0.179. The van der Waals surface area contributed by atoms with Crippen LogP contribution in [0, 0.1) is 6.92 Å². The molecule has 29 heavy (non-hydrogen) atoms. The third kappa shape index (κ3) is 4.52. The topological polar surface area (TPSA) is 74.8 Å². The van der Waals surface area contributed by atoms with Crippen LogP contribution < -0.4 is 10.9 Å². The van der Waals surface area contributed by atoms with Crippen LogP contribution in [0.5, 0.6) is 0 Å². The molecule has 0 bridgehead atoms. The fraction of sp³-hybridized carbons (Fsp3) is 0.0455. The summed E-state index contributed by atoms with van der Waals surface area (Å²) in [5, 5.41) is 2.92. The Kier molecular flexibility index (Phi) is 5.42. The molecule has 144 valence electrons. The number of carbonyl (C=O) groups excluding carboxylic acids is 1. The highest BCUT2D eigenvalue weighted by Gasteiger charge is 2.12. The number of aryl methyl sites for hydroxylation is 1. The van der Waals surface area contributed by atoms with Crippen LogP contribution in [0.15, 0.2) is 76.0 Å². The van der Waals surface area contributed by atoms with Gasteiger partial charge in [0.05, 0.1) is 4.88 Å². The first kappa shape index (κ1) is 19.3. The van der Waals surface area contributed by atoms with Crippen LogP contribution in [0.3, 0.4) is 0 Å². The van der Waals surface area contributed by atoms with Gasteiger partial charge in [0.2, 0.25) is 0 Å². The molecule has 0 aliphatic heterocycles. The molecule has 0 radical (unpaired) electrons. The van der Waals surface area contributed by atoms with Crippen LogP contribution >= 0.6 is 27.3 Å². The zero-order chi connectivity index (χ0) is 20.4. The predicted octanol–water partition coefficient (Wildman–Crippen LogP) is 5.49. The van der Waals surface area contributed by atoms with Crippen molar-refractivity contribution in [3.05, 3.63) is 92.1 Å². The highest BCUT2D eigenvalue weighted by atomic mass is 79.9. The molecule has 5 nitrogen and oxygen atoms in total. The quantitative estimate of drug-likeness (QED) is 0.418. The second-order valence-electron chi connectivity index (χ2n) is 6.44. The Labute approximate surface area is 179 Å². The van der Waals surface area contributed by atoms with Gasteiger partial charge >= 0.3 is 0 Å². The number of rotatable bonds is 4. The Bertz CT molecular complexity index is 1250. The molecule has 4 aromatic rings. The van der Waals surface area contributed by atoms with Gasteiger partial charge in [-0.15, -0.1) is 11.3 Å². The summed E-state index contributed by atoms with van der Waals surface area (Å²) in [7, 11) is 0. The van der Waals surface area contributed by atoms with Crippen molar-refractivity contribution in [1.82, 2.24) is 9.97 Å². The van der Waals surface area contributed by atoms with E-state index < -0.39 is 0 Å². The summed E-state index contributed by atoms with van der Waals surface area (Å²) < 4.78 is 1.01. The van der Waals surface area contributed by atoms with Crippen molar-refractivity contribution >= 4 is 38.9 Å². The number of thiophene rings is 1. The molecule has 0 fully saturated rings. The Hall–Kier alpha value is -3.03. The number of anilines is 1. The lowest BCUT2D eigenvalue weighted by atomic mass is 10.2. The van der Waals surface area contributed by atoms with Gasteiger partial charge in [0.25, 0.3) is 11.5 Å². The van der Waals surface area contributed by atoms with E-state index in [0.29, 0.717) is 22.1 Å². The minimum Gasteiger partial charge on any atom is -0.321 e. The second-order valence-corrected chi connectivity index (χ2v) is 8.44. The fourth-order valence-electron chi connectivity index (χ4n) is 2.88. The monoisotopic (exact) mass is 465 g/mol. The Morgan fingerprint density at radius 2 is 1.83 bits per heavy atom. The van der Waals surface area contributed by atoms with Crippen molar-refractivity contribution in [2.24, 2.45) is 0 Å². The standard InChI is InChI=1S/C22H16BrN3O2S/c1-13-11-20(27)26-21(24-13)15-3-2-4-17(12-15)25-22(28)19-10-9-18(29-19)14-5-7-16(23)8-6-14/h2-12H,1H3,(H,25,28)(H,24,26,27). The van der Waals surface area contributed by atoms with E-state index in [-0.39, 0.29) is 11.5 Å². The van der Waals surface area contributed by atoms with E-state index in [0.717, 1.165) is 20.5 Å². The molecule has 0 saturated carbocycles. The number of aromatic amines is 1. The average Bonchev–Trinajstić information content (AvgIpc) is 3.18. The van der Waals surface area contributed by atoms with Crippen LogP contribution in [0.4, 0.5) is 5.69 Å². The first-order valence-corrected chi connectivity index (χ1v) is 10.4. The molecule has 2 N–H and O–H groups in total. The summed E-state index contributed by atoms with van der Waals surface area (Å²) in [6.07, 6.45) is 0. The van der Waals surface area contributed by atoms with E-state index in [2.05, 4.69) is 31.2 Å². The SMILES string of the molecule is Cc1cc(=O)[nH]c(-c2cccc(NC(=O)c3ccc(-c4ccc(Br)cc4)s3)c2)n1. The van der Waals surface area contributed by atoms with Crippen molar-refractivity contribution in [1.29, 1.82) is 0 Å².